The molecule has 0 radical (unpaired) electrons. The Morgan fingerprint density at radius 1 is 1.69 bits per heavy atom. The summed E-state index contributed by atoms with van der Waals surface area (Å²) in [6.07, 6.45) is 4.38. The molecule has 0 aliphatic carbocycles. The molecule has 1 heterocycles. The van der Waals surface area contributed by atoms with E-state index in [1.807, 2.05) is 24.0 Å². The molecule has 0 fully saturated rings. The van der Waals surface area contributed by atoms with E-state index < -0.39 is 0 Å². The maximum Gasteiger partial charge on any atom is 0.306 e. The summed E-state index contributed by atoms with van der Waals surface area (Å²) in [4.78, 5) is 11.0. The minimum Gasteiger partial charge on any atom is -0.469 e. The van der Waals surface area contributed by atoms with Crippen molar-refractivity contribution in [3.63, 3.8) is 0 Å². The lowest BCUT2D eigenvalue weighted by molar-refractivity contribution is -0.140. The number of hydrogen-bond acceptors (Lipinski definition) is 4. The average Bonchev–Trinajstić information content (AvgIpc) is 2.74. The highest BCUT2D eigenvalue weighted by molar-refractivity contribution is 7.99. The van der Waals surface area contributed by atoms with Gasteiger partial charge in [-0.15, -0.1) is 0 Å². The maximum absolute atomic E-state index is 11.0. The number of thioether (sulfide) groups is 1. The molecule has 1 atom stereocenters. The number of rotatable bonds is 6. The van der Waals surface area contributed by atoms with Gasteiger partial charge in [-0.25, -0.2) is 0 Å². The first-order chi connectivity index (χ1) is 7.65. The van der Waals surface area contributed by atoms with E-state index in [0.717, 1.165) is 12.3 Å². The Balaban J connectivity index is 2.31. The predicted molar refractivity (Wildman–Crippen MR) is 65.3 cm³/mol. The van der Waals surface area contributed by atoms with Gasteiger partial charge in [0.2, 0.25) is 0 Å². The van der Waals surface area contributed by atoms with Crippen molar-refractivity contribution in [3.05, 3.63) is 18.0 Å². The topological polar surface area (TPSA) is 44.1 Å². The summed E-state index contributed by atoms with van der Waals surface area (Å²) in [7, 11) is 1.42. The summed E-state index contributed by atoms with van der Waals surface area (Å²) in [5.74, 6) is 0.738. The van der Waals surface area contributed by atoms with Crippen molar-refractivity contribution < 1.29 is 9.53 Å². The normalized spacial score (nSPS) is 12.4. The zero-order valence-corrected chi connectivity index (χ0v) is 10.8. The van der Waals surface area contributed by atoms with Gasteiger partial charge in [-0.3, -0.25) is 9.48 Å². The average molecular weight is 242 g/mol. The van der Waals surface area contributed by atoms with Crippen molar-refractivity contribution in [2.45, 2.75) is 37.8 Å². The van der Waals surface area contributed by atoms with Crippen LogP contribution in [0.15, 0.2) is 12.4 Å². The number of hydrogen-bond donors (Lipinski definition) is 0. The third-order valence-electron chi connectivity index (χ3n) is 2.23. The fourth-order valence-corrected chi connectivity index (χ4v) is 2.15. The van der Waals surface area contributed by atoms with E-state index in [-0.39, 0.29) is 11.2 Å². The number of aromatic nitrogens is 2. The van der Waals surface area contributed by atoms with Crippen LogP contribution in [-0.2, 0) is 21.8 Å². The molecule has 1 rings (SSSR count). The number of ether oxygens (including phenoxy) is 1. The largest absolute Gasteiger partial charge is 0.469 e. The van der Waals surface area contributed by atoms with Gasteiger partial charge >= 0.3 is 5.97 Å². The fourth-order valence-electron chi connectivity index (χ4n) is 1.27. The van der Waals surface area contributed by atoms with E-state index in [1.54, 1.807) is 11.8 Å². The molecule has 16 heavy (non-hydrogen) atoms. The molecule has 0 aliphatic rings. The van der Waals surface area contributed by atoms with Crippen LogP contribution in [0.1, 0.15) is 25.8 Å². The van der Waals surface area contributed by atoms with Crippen molar-refractivity contribution in [1.82, 2.24) is 9.78 Å². The molecule has 1 aromatic heterocycles. The smallest absolute Gasteiger partial charge is 0.306 e. The van der Waals surface area contributed by atoms with Crippen LogP contribution in [0.5, 0.6) is 0 Å². The quantitative estimate of drug-likeness (QED) is 0.716. The Morgan fingerprint density at radius 3 is 3.00 bits per heavy atom. The Hall–Kier alpha value is -0.970. The predicted octanol–water partition coefficient (Wildman–Crippen LogP) is 2.09. The van der Waals surface area contributed by atoms with Crippen molar-refractivity contribution >= 4 is 17.7 Å². The van der Waals surface area contributed by atoms with Crippen molar-refractivity contribution in [2.24, 2.45) is 0 Å². The molecule has 0 saturated heterocycles. The summed E-state index contributed by atoms with van der Waals surface area (Å²) < 4.78 is 6.53. The van der Waals surface area contributed by atoms with Gasteiger partial charge < -0.3 is 4.74 Å². The molecule has 1 unspecified atom stereocenters. The zero-order valence-electron chi connectivity index (χ0n) is 9.97. The first kappa shape index (κ1) is 13.1. The van der Waals surface area contributed by atoms with Gasteiger partial charge in [0.15, 0.2) is 0 Å². The number of nitrogens with zero attached hydrogens (tertiary/aromatic N) is 2. The van der Waals surface area contributed by atoms with E-state index >= 15 is 0 Å². The zero-order chi connectivity index (χ0) is 12.0. The highest BCUT2D eigenvalue weighted by Crippen LogP contribution is 2.19. The SMILES string of the molecule is CCn1cc(CSC(C)CC(=O)OC)cn1. The minimum atomic E-state index is -0.149. The maximum atomic E-state index is 11.0. The lowest BCUT2D eigenvalue weighted by Gasteiger charge is -2.08. The van der Waals surface area contributed by atoms with Gasteiger partial charge in [0, 0.05) is 23.7 Å². The molecule has 5 heteroatoms. The second-order valence-corrected chi connectivity index (χ2v) is 5.03. The van der Waals surface area contributed by atoms with Crippen LogP contribution in [0.4, 0.5) is 0 Å². The molecule has 0 bridgehead atoms. The van der Waals surface area contributed by atoms with E-state index in [1.165, 1.54) is 12.7 Å². The van der Waals surface area contributed by atoms with Gasteiger partial charge in [0.05, 0.1) is 19.7 Å². The molecular formula is C11H18N2O2S. The van der Waals surface area contributed by atoms with Crippen LogP contribution in [0.3, 0.4) is 0 Å². The molecule has 1 aromatic rings. The van der Waals surface area contributed by atoms with Gasteiger partial charge in [-0.1, -0.05) is 6.92 Å². The second-order valence-electron chi connectivity index (χ2n) is 3.61. The Bertz CT molecular complexity index is 338. The molecule has 0 amide bonds. The summed E-state index contributed by atoms with van der Waals surface area (Å²) in [5.41, 5.74) is 1.20. The first-order valence-electron chi connectivity index (χ1n) is 5.35. The van der Waals surface area contributed by atoms with E-state index in [2.05, 4.69) is 16.8 Å². The molecule has 0 saturated carbocycles. The molecule has 0 N–H and O–H groups in total. The number of aryl methyl sites for hydroxylation is 1. The van der Waals surface area contributed by atoms with Crippen LogP contribution >= 0.6 is 11.8 Å². The Labute approximate surface area is 100 Å². The fraction of sp³-hybridized carbons (Fsp3) is 0.636. The standard InChI is InChI=1S/C11H18N2O2S/c1-4-13-7-10(6-12-13)8-16-9(2)5-11(14)15-3/h6-7,9H,4-5,8H2,1-3H3. The van der Waals surface area contributed by atoms with E-state index in [4.69, 9.17) is 0 Å². The molecule has 4 nitrogen and oxygen atoms in total. The van der Waals surface area contributed by atoms with E-state index in [0.29, 0.717) is 6.42 Å². The lowest BCUT2D eigenvalue weighted by Crippen LogP contribution is -2.08. The molecule has 90 valence electrons. The van der Waals surface area contributed by atoms with E-state index in [9.17, 15) is 4.79 Å². The summed E-state index contributed by atoms with van der Waals surface area (Å²) >= 11 is 1.74. The molecular weight excluding hydrogens is 224 g/mol. The van der Waals surface area contributed by atoms with Crippen molar-refractivity contribution in [1.29, 1.82) is 0 Å². The third-order valence-corrected chi connectivity index (χ3v) is 3.46. The van der Waals surface area contributed by atoms with Gasteiger partial charge in [0.1, 0.15) is 0 Å². The van der Waals surface area contributed by atoms with Gasteiger partial charge in [0.25, 0.3) is 0 Å². The minimum absolute atomic E-state index is 0.149. The Kier molecular flexibility index (Phi) is 5.38. The lowest BCUT2D eigenvalue weighted by atomic mass is 10.3. The number of carbonyl (C=O) groups is 1. The first-order valence-corrected chi connectivity index (χ1v) is 6.40. The number of esters is 1. The van der Waals surface area contributed by atoms with Crippen LogP contribution in [-0.4, -0.2) is 28.1 Å². The Morgan fingerprint density at radius 2 is 2.44 bits per heavy atom. The van der Waals surface area contributed by atoms with Crippen molar-refractivity contribution in [2.75, 3.05) is 7.11 Å². The number of carbonyl (C=O) groups excluding carboxylic acids is 1. The van der Waals surface area contributed by atoms with Crippen molar-refractivity contribution in [3.8, 4) is 0 Å². The van der Waals surface area contributed by atoms with Crippen LogP contribution in [0.25, 0.3) is 0 Å². The number of methoxy groups -OCH3 is 1. The highest BCUT2D eigenvalue weighted by atomic mass is 32.2. The van der Waals surface area contributed by atoms with Crippen LogP contribution < -0.4 is 0 Å². The summed E-state index contributed by atoms with van der Waals surface area (Å²) in [6, 6.07) is 0. The van der Waals surface area contributed by atoms with Gasteiger partial charge in [-0.05, 0) is 12.5 Å². The molecule has 0 spiro atoms. The molecule has 0 aromatic carbocycles. The summed E-state index contributed by atoms with van der Waals surface area (Å²) in [5, 5.41) is 4.48. The van der Waals surface area contributed by atoms with Crippen LogP contribution in [0.2, 0.25) is 0 Å². The molecule has 0 aliphatic heterocycles. The monoisotopic (exact) mass is 242 g/mol. The van der Waals surface area contributed by atoms with Gasteiger partial charge in [-0.2, -0.15) is 16.9 Å². The second kappa shape index (κ2) is 6.58. The third kappa shape index (κ3) is 4.26. The highest BCUT2D eigenvalue weighted by Gasteiger charge is 2.10. The summed E-state index contributed by atoms with van der Waals surface area (Å²) in [6.45, 7) is 4.98. The van der Waals surface area contributed by atoms with Crippen LogP contribution in [0, 0.1) is 0 Å².